The van der Waals surface area contributed by atoms with E-state index in [4.69, 9.17) is 27.6 Å². The zero-order valence-corrected chi connectivity index (χ0v) is 16.8. The van der Waals surface area contributed by atoms with Gasteiger partial charge in [0.25, 0.3) is 0 Å². The van der Waals surface area contributed by atoms with Gasteiger partial charge in [-0.05, 0) is 23.5 Å². The van der Waals surface area contributed by atoms with Crippen LogP contribution in [0.2, 0.25) is 5.02 Å². The van der Waals surface area contributed by atoms with Gasteiger partial charge in [0.05, 0.1) is 27.2 Å². The van der Waals surface area contributed by atoms with Crippen LogP contribution in [0.3, 0.4) is 0 Å². The summed E-state index contributed by atoms with van der Waals surface area (Å²) in [4.78, 5) is 20.9. The number of aromatic nitrogens is 3. The average Bonchev–Trinajstić information content (AvgIpc) is 3.20. The van der Waals surface area contributed by atoms with Crippen molar-refractivity contribution in [1.29, 1.82) is 5.26 Å². The number of nitrogens with one attached hydrogen (secondary N) is 1. The van der Waals surface area contributed by atoms with E-state index in [1.807, 2.05) is 6.07 Å². The molecule has 12 heteroatoms. The second-order valence-electron chi connectivity index (χ2n) is 6.17. The Morgan fingerprint density at radius 2 is 2.23 bits per heavy atom. The Bertz CT molecular complexity index is 1440. The van der Waals surface area contributed by atoms with Crippen molar-refractivity contribution in [3.05, 3.63) is 50.1 Å². The second-order valence-corrected chi connectivity index (χ2v) is 7.60. The molecule has 5 N–H and O–H groups in total. The van der Waals surface area contributed by atoms with Gasteiger partial charge in [-0.2, -0.15) is 5.26 Å². The largest absolute Gasteiger partial charge is 0.858 e. The summed E-state index contributed by atoms with van der Waals surface area (Å²) in [6.07, 6.45) is 0. The number of nitriles is 1. The van der Waals surface area contributed by atoms with E-state index in [0.717, 1.165) is 11.3 Å². The van der Waals surface area contributed by atoms with Crippen molar-refractivity contribution in [2.24, 2.45) is 12.0 Å². The van der Waals surface area contributed by atoms with Crippen LogP contribution >= 0.6 is 22.9 Å². The van der Waals surface area contributed by atoms with Gasteiger partial charge >= 0.3 is 11.3 Å². The maximum absolute atomic E-state index is 12.8. The zero-order chi connectivity index (χ0) is 21.6. The van der Waals surface area contributed by atoms with Gasteiger partial charge in [-0.3, -0.25) is 9.52 Å². The van der Waals surface area contributed by atoms with Gasteiger partial charge in [-0.1, -0.05) is 22.3 Å². The SMILES string of the molecule is C[n+]1[nH]oc(=O)c1-c1c(C#N)c(N)nc2sc(C([O-])=Nc3cccc(Cl)c3)c(N)c12. The lowest BCUT2D eigenvalue weighted by Crippen LogP contribution is -2.34. The highest BCUT2D eigenvalue weighted by Gasteiger charge is 2.30. The number of fused-ring (bicyclic) bond motifs is 1. The van der Waals surface area contributed by atoms with Crippen molar-refractivity contribution in [3.8, 4) is 17.3 Å². The van der Waals surface area contributed by atoms with E-state index in [1.165, 1.54) is 17.8 Å². The molecule has 0 aliphatic heterocycles. The van der Waals surface area contributed by atoms with Crippen molar-refractivity contribution >= 4 is 56.2 Å². The molecule has 0 radical (unpaired) electrons. The number of hydrogen-bond donors (Lipinski definition) is 3. The number of pyridine rings is 1. The zero-order valence-electron chi connectivity index (χ0n) is 15.3. The molecule has 0 amide bonds. The van der Waals surface area contributed by atoms with Gasteiger partial charge in [0.2, 0.25) is 0 Å². The lowest BCUT2D eigenvalue weighted by molar-refractivity contribution is -0.730. The predicted octanol–water partition coefficient (Wildman–Crippen LogP) is 1.20. The van der Waals surface area contributed by atoms with Gasteiger partial charge in [0.1, 0.15) is 22.3 Å². The molecule has 0 saturated heterocycles. The summed E-state index contributed by atoms with van der Waals surface area (Å²) in [5, 5.41) is 25.5. The second kappa shape index (κ2) is 7.18. The molecule has 150 valence electrons. The number of halogens is 1. The Morgan fingerprint density at radius 3 is 2.87 bits per heavy atom. The van der Waals surface area contributed by atoms with Gasteiger partial charge in [-0.15, -0.1) is 11.3 Å². The molecule has 0 unspecified atom stereocenters. The highest BCUT2D eigenvalue weighted by Crippen LogP contribution is 2.41. The number of aromatic amines is 1. The number of rotatable bonds is 3. The van der Waals surface area contributed by atoms with E-state index in [1.54, 1.807) is 18.2 Å². The van der Waals surface area contributed by atoms with Crippen LogP contribution in [0, 0.1) is 11.3 Å². The first-order chi connectivity index (χ1) is 14.3. The summed E-state index contributed by atoms with van der Waals surface area (Å²) < 4.78 is 6.08. The highest BCUT2D eigenvalue weighted by atomic mass is 35.5. The third kappa shape index (κ3) is 3.04. The van der Waals surface area contributed by atoms with E-state index in [-0.39, 0.29) is 43.4 Å². The summed E-state index contributed by atoms with van der Waals surface area (Å²) in [5.74, 6) is -0.723. The summed E-state index contributed by atoms with van der Waals surface area (Å²) in [5.41, 5.74) is 11.9. The lowest BCUT2D eigenvalue weighted by Gasteiger charge is -2.09. The van der Waals surface area contributed by atoms with Crippen LogP contribution < -0.4 is 26.9 Å². The smallest absolute Gasteiger partial charge is 0.435 e. The number of H-pyrrole nitrogens is 1. The number of thiophene rings is 1. The van der Waals surface area contributed by atoms with Crippen LogP contribution in [-0.4, -0.2) is 16.2 Å². The minimum Gasteiger partial charge on any atom is -0.858 e. The molecule has 0 spiro atoms. The average molecular weight is 442 g/mol. The van der Waals surface area contributed by atoms with Gasteiger partial charge in [0, 0.05) is 10.9 Å². The van der Waals surface area contributed by atoms with E-state index in [2.05, 4.69) is 15.2 Å². The molecule has 0 saturated carbocycles. The standard InChI is InChI=1S/C18H12ClN7O3S/c1-26-13(18(28)29-25-26)10-9(6-20)15(22)24-17-11(10)12(21)14(30-17)16(27)23-8-4-2-3-7(19)5-8/h2-5H,1H3,(H5-,21,22,23,24,25,27,28). The Balaban J connectivity index is 2.03. The lowest BCUT2D eigenvalue weighted by atomic mass is 10.0. The fourth-order valence-corrected chi connectivity index (χ4v) is 4.18. The van der Waals surface area contributed by atoms with Gasteiger partial charge < -0.3 is 16.6 Å². The number of benzene rings is 1. The number of anilines is 2. The molecular weight excluding hydrogens is 430 g/mol. The van der Waals surface area contributed by atoms with Crippen molar-refractivity contribution in [1.82, 2.24) is 10.3 Å². The molecule has 10 nitrogen and oxygen atoms in total. The molecule has 0 aliphatic rings. The molecule has 0 atom stereocenters. The van der Waals surface area contributed by atoms with Crippen LogP contribution in [0.1, 0.15) is 10.4 Å². The summed E-state index contributed by atoms with van der Waals surface area (Å²) in [7, 11) is 1.52. The summed E-state index contributed by atoms with van der Waals surface area (Å²) in [6.45, 7) is 0. The van der Waals surface area contributed by atoms with E-state index in [9.17, 15) is 15.2 Å². The van der Waals surface area contributed by atoms with Crippen LogP contribution in [0.15, 0.2) is 38.6 Å². The first-order valence-corrected chi connectivity index (χ1v) is 9.52. The third-order valence-electron chi connectivity index (χ3n) is 4.29. The molecule has 3 aromatic heterocycles. The minimum absolute atomic E-state index is 0.0147. The summed E-state index contributed by atoms with van der Waals surface area (Å²) >= 11 is 6.89. The van der Waals surface area contributed by atoms with E-state index >= 15 is 0 Å². The molecule has 4 rings (SSSR count). The normalized spacial score (nSPS) is 11.7. The number of hydrogen-bond acceptors (Lipinski definition) is 9. The van der Waals surface area contributed by atoms with Gasteiger partial charge in [-0.25, -0.2) is 9.78 Å². The van der Waals surface area contributed by atoms with E-state index in [0.29, 0.717) is 10.7 Å². The van der Waals surface area contributed by atoms with Gasteiger partial charge in [0.15, 0.2) is 7.05 Å². The molecule has 3 heterocycles. The molecule has 4 aromatic rings. The van der Waals surface area contributed by atoms with Crippen molar-refractivity contribution in [2.45, 2.75) is 0 Å². The molecular formula is C18H12ClN7O3S. The maximum atomic E-state index is 12.8. The first-order valence-electron chi connectivity index (χ1n) is 8.32. The molecule has 0 fully saturated rings. The van der Waals surface area contributed by atoms with Crippen LogP contribution in [0.25, 0.3) is 21.5 Å². The number of aryl methyl sites for hydroxylation is 1. The number of nitrogen functional groups attached to an aromatic ring is 2. The maximum Gasteiger partial charge on any atom is 0.435 e. The molecule has 30 heavy (non-hydrogen) atoms. The fourth-order valence-electron chi connectivity index (χ4n) is 3.00. The van der Waals surface area contributed by atoms with Crippen LogP contribution in [-0.2, 0) is 7.05 Å². The van der Waals surface area contributed by atoms with Crippen molar-refractivity contribution < 1.29 is 14.3 Å². The first kappa shape index (κ1) is 19.4. The topological polar surface area (TPSA) is 174 Å². The highest BCUT2D eigenvalue weighted by molar-refractivity contribution is 7.21. The number of nitrogens with zero attached hydrogens (tertiary/aromatic N) is 4. The fraction of sp³-hybridized carbons (Fsp3) is 0.0556. The van der Waals surface area contributed by atoms with Crippen LogP contribution in [0.5, 0.6) is 0 Å². The Hall–Kier alpha value is -3.88. The molecule has 0 bridgehead atoms. The third-order valence-corrected chi connectivity index (χ3v) is 5.61. The molecule has 1 aromatic carbocycles. The number of nitrogens with two attached hydrogens (primary N) is 2. The Labute approximate surface area is 177 Å². The molecule has 0 aliphatic carbocycles. The summed E-state index contributed by atoms with van der Waals surface area (Å²) in [6, 6.07) is 8.41. The Morgan fingerprint density at radius 1 is 1.47 bits per heavy atom. The predicted molar refractivity (Wildman–Crippen MR) is 110 cm³/mol. The van der Waals surface area contributed by atoms with Crippen molar-refractivity contribution in [2.75, 3.05) is 11.5 Å². The monoisotopic (exact) mass is 441 g/mol. The Kier molecular flexibility index (Phi) is 4.65. The number of aliphatic imine (C=N–C) groups is 1. The van der Waals surface area contributed by atoms with E-state index < -0.39 is 11.5 Å². The van der Waals surface area contributed by atoms with Crippen LogP contribution in [0.4, 0.5) is 17.2 Å². The quantitative estimate of drug-likeness (QED) is 0.243. The van der Waals surface area contributed by atoms with Crippen molar-refractivity contribution in [3.63, 3.8) is 0 Å². The minimum atomic E-state index is -0.733.